The fourth-order valence-corrected chi connectivity index (χ4v) is 1.43. The Bertz CT molecular complexity index is 353. The van der Waals surface area contributed by atoms with Crippen LogP contribution in [0.25, 0.3) is 0 Å². The molecular formula is C11H18Cl2N2O3. The van der Waals surface area contributed by atoms with Gasteiger partial charge < -0.3 is 25.3 Å². The second-order valence-electron chi connectivity index (χ2n) is 3.40. The first-order valence-electron chi connectivity index (χ1n) is 5.33. The standard InChI is InChI=1S/C11H16N2O3.2ClH/c12-3-4-13-5-6-14-9-1-2-10-11(7-9)16-8-15-10;;/h1-2,7,13H,3-6,8,12H2;2*1H. The molecule has 0 amide bonds. The van der Waals surface area contributed by atoms with Crippen LogP contribution in [0.3, 0.4) is 0 Å². The van der Waals surface area contributed by atoms with Gasteiger partial charge in [-0.05, 0) is 12.1 Å². The number of halogens is 2. The molecule has 18 heavy (non-hydrogen) atoms. The molecule has 3 N–H and O–H groups in total. The number of nitrogens with one attached hydrogen (secondary N) is 1. The number of benzene rings is 1. The second-order valence-corrected chi connectivity index (χ2v) is 3.40. The fraction of sp³-hybridized carbons (Fsp3) is 0.455. The average molecular weight is 297 g/mol. The minimum atomic E-state index is 0. The van der Waals surface area contributed by atoms with Crippen LogP contribution in [0.5, 0.6) is 17.2 Å². The Morgan fingerprint density at radius 3 is 2.72 bits per heavy atom. The van der Waals surface area contributed by atoms with Gasteiger partial charge in [0.25, 0.3) is 0 Å². The summed E-state index contributed by atoms with van der Waals surface area (Å²) in [5, 5.41) is 3.15. The van der Waals surface area contributed by atoms with E-state index in [0.717, 1.165) is 30.3 Å². The van der Waals surface area contributed by atoms with Gasteiger partial charge in [-0.1, -0.05) is 0 Å². The Morgan fingerprint density at radius 1 is 1.17 bits per heavy atom. The average Bonchev–Trinajstić information content (AvgIpc) is 2.76. The maximum absolute atomic E-state index is 5.54. The normalized spacial score (nSPS) is 11.4. The molecule has 1 aromatic rings. The van der Waals surface area contributed by atoms with Gasteiger partial charge in [-0.25, -0.2) is 0 Å². The van der Waals surface area contributed by atoms with E-state index in [0.29, 0.717) is 13.2 Å². The first-order chi connectivity index (χ1) is 7.90. The zero-order chi connectivity index (χ0) is 11.2. The lowest BCUT2D eigenvalue weighted by atomic mass is 10.3. The van der Waals surface area contributed by atoms with Gasteiger partial charge in [0.2, 0.25) is 6.79 Å². The summed E-state index contributed by atoms with van der Waals surface area (Å²) < 4.78 is 16.0. The predicted octanol–water partition coefficient (Wildman–Crippen LogP) is 1.19. The van der Waals surface area contributed by atoms with E-state index in [1.54, 1.807) is 0 Å². The Morgan fingerprint density at radius 2 is 1.94 bits per heavy atom. The third kappa shape index (κ3) is 4.78. The molecule has 1 aliphatic rings. The van der Waals surface area contributed by atoms with E-state index in [9.17, 15) is 0 Å². The van der Waals surface area contributed by atoms with E-state index in [-0.39, 0.29) is 31.6 Å². The molecule has 1 heterocycles. The van der Waals surface area contributed by atoms with Gasteiger partial charge in [-0.15, -0.1) is 24.8 Å². The van der Waals surface area contributed by atoms with E-state index in [1.165, 1.54) is 0 Å². The number of rotatable bonds is 6. The fourth-order valence-electron chi connectivity index (χ4n) is 1.43. The van der Waals surface area contributed by atoms with Gasteiger partial charge in [0.05, 0.1) is 0 Å². The van der Waals surface area contributed by atoms with E-state index >= 15 is 0 Å². The van der Waals surface area contributed by atoms with Crippen molar-refractivity contribution in [2.45, 2.75) is 0 Å². The zero-order valence-corrected chi connectivity index (χ0v) is 11.5. The van der Waals surface area contributed by atoms with Crippen molar-refractivity contribution < 1.29 is 14.2 Å². The van der Waals surface area contributed by atoms with E-state index in [1.807, 2.05) is 18.2 Å². The SMILES string of the molecule is Cl.Cl.NCCNCCOc1ccc2c(c1)OCO2. The monoisotopic (exact) mass is 296 g/mol. The first kappa shape index (κ1) is 17.1. The Labute approximate surface area is 119 Å². The highest BCUT2D eigenvalue weighted by Gasteiger charge is 2.13. The van der Waals surface area contributed by atoms with Crippen LogP contribution in [0.1, 0.15) is 0 Å². The molecule has 1 aliphatic heterocycles. The molecule has 0 saturated carbocycles. The van der Waals surface area contributed by atoms with Crippen LogP contribution in [0.2, 0.25) is 0 Å². The lowest BCUT2D eigenvalue weighted by Gasteiger charge is -2.07. The van der Waals surface area contributed by atoms with Crippen molar-refractivity contribution in [3.63, 3.8) is 0 Å². The molecule has 0 fully saturated rings. The number of hydrogen-bond donors (Lipinski definition) is 2. The van der Waals surface area contributed by atoms with Crippen LogP contribution >= 0.6 is 24.8 Å². The van der Waals surface area contributed by atoms with Crippen LogP contribution in [-0.4, -0.2) is 33.0 Å². The zero-order valence-electron chi connectivity index (χ0n) is 9.89. The molecule has 0 unspecified atom stereocenters. The van der Waals surface area contributed by atoms with Crippen molar-refractivity contribution in [1.29, 1.82) is 0 Å². The molecule has 0 aromatic heterocycles. The van der Waals surface area contributed by atoms with Gasteiger partial charge in [-0.3, -0.25) is 0 Å². The minimum Gasteiger partial charge on any atom is -0.492 e. The summed E-state index contributed by atoms with van der Waals surface area (Å²) in [6, 6.07) is 5.56. The van der Waals surface area contributed by atoms with Crippen molar-refractivity contribution in [2.75, 3.05) is 33.0 Å². The van der Waals surface area contributed by atoms with E-state index < -0.39 is 0 Å². The predicted molar refractivity (Wildman–Crippen MR) is 74.5 cm³/mol. The molecular weight excluding hydrogens is 279 g/mol. The number of ether oxygens (including phenoxy) is 3. The van der Waals surface area contributed by atoms with Crippen LogP contribution in [0, 0.1) is 0 Å². The Balaban J connectivity index is 0.00000144. The molecule has 0 bridgehead atoms. The lowest BCUT2D eigenvalue weighted by molar-refractivity contribution is 0.173. The molecule has 5 nitrogen and oxygen atoms in total. The Kier molecular flexibility index (Phi) is 8.66. The summed E-state index contributed by atoms with van der Waals surface area (Å²) in [4.78, 5) is 0. The smallest absolute Gasteiger partial charge is 0.231 e. The molecule has 7 heteroatoms. The largest absolute Gasteiger partial charge is 0.492 e. The molecule has 0 atom stereocenters. The van der Waals surface area contributed by atoms with Gasteiger partial charge in [0.15, 0.2) is 11.5 Å². The third-order valence-corrected chi connectivity index (χ3v) is 2.21. The molecule has 1 aromatic carbocycles. The molecule has 2 rings (SSSR count). The van der Waals surface area contributed by atoms with Crippen molar-refractivity contribution in [1.82, 2.24) is 5.32 Å². The summed E-state index contributed by atoms with van der Waals surface area (Å²) in [6.07, 6.45) is 0. The van der Waals surface area contributed by atoms with E-state index in [4.69, 9.17) is 19.9 Å². The second kappa shape index (κ2) is 9.10. The number of hydrogen-bond acceptors (Lipinski definition) is 5. The topological polar surface area (TPSA) is 65.7 Å². The Hall–Kier alpha value is -0.880. The number of fused-ring (bicyclic) bond motifs is 1. The quantitative estimate of drug-likeness (QED) is 0.772. The highest BCUT2D eigenvalue weighted by molar-refractivity contribution is 5.85. The molecule has 104 valence electrons. The summed E-state index contributed by atoms with van der Waals surface area (Å²) in [6.45, 7) is 3.14. The molecule has 0 spiro atoms. The third-order valence-electron chi connectivity index (χ3n) is 2.21. The molecule has 0 aliphatic carbocycles. The maximum atomic E-state index is 5.54. The van der Waals surface area contributed by atoms with Crippen LogP contribution < -0.4 is 25.3 Å². The first-order valence-corrected chi connectivity index (χ1v) is 5.33. The molecule has 0 saturated heterocycles. The minimum absolute atomic E-state index is 0. The highest BCUT2D eigenvalue weighted by Crippen LogP contribution is 2.34. The molecule has 0 radical (unpaired) electrons. The summed E-state index contributed by atoms with van der Waals surface area (Å²) in [5.41, 5.74) is 5.35. The number of nitrogens with two attached hydrogens (primary N) is 1. The summed E-state index contributed by atoms with van der Waals surface area (Å²) in [7, 11) is 0. The summed E-state index contributed by atoms with van der Waals surface area (Å²) in [5.74, 6) is 2.31. The van der Waals surface area contributed by atoms with E-state index in [2.05, 4.69) is 5.32 Å². The van der Waals surface area contributed by atoms with Crippen LogP contribution in [0.15, 0.2) is 18.2 Å². The maximum Gasteiger partial charge on any atom is 0.231 e. The van der Waals surface area contributed by atoms with Gasteiger partial charge in [0, 0.05) is 25.7 Å². The van der Waals surface area contributed by atoms with Crippen molar-refractivity contribution in [3.05, 3.63) is 18.2 Å². The van der Waals surface area contributed by atoms with Crippen molar-refractivity contribution in [2.24, 2.45) is 5.73 Å². The van der Waals surface area contributed by atoms with Crippen LogP contribution in [-0.2, 0) is 0 Å². The highest BCUT2D eigenvalue weighted by atomic mass is 35.5. The van der Waals surface area contributed by atoms with Crippen molar-refractivity contribution >= 4 is 24.8 Å². The van der Waals surface area contributed by atoms with Crippen LogP contribution in [0.4, 0.5) is 0 Å². The lowest BCUT2D eigenvalue weighted by Crippen LogP contribution is -2.26. The summed E-state index contributed by atoms with van der Waals surface area (Å²) >= 11 is 0. The van der Waals surface area contributed by atoms with Crippen molar-refractivity contribution in [3.8, 4) is 17.2 Å². The van der Waals surface area contributed by atoms with Gasteiger partial charge in [0.1, 0.15) is 12.4 Å². The van der Waals surface area contributed by atoms with Gasteiger partial charge in [-0.2, -0.15) is 0 Å². The van der Waals surface area contributed by atoms with Gasteiger partial charge >= 0.3 is 0 Å².